The molecule has 3 rings (SSSR count). The van der Waals surface area contributed by atoms with Crippen LogP contribution in [0.25, 0.3) is 0 Å². The first-order chi connectivity index (χ1) is 9.09. The molecular formula is C16H21NO2. The third-order valence-electron chi connectivity index (χ3n) is 4.73. The maximum absolute atomic E-state index is 10.9. The fraction of sp³-hybridized carbons (Fsp3) is 0.562. The first kappa shape index (κ1) is 12.7. The van der Waals surface area contributed by atoms with E-state index in [0.29, 0.717) is 5.92 Å². The maximum atomic E-state index is 10.9. The van der Waals surface area contributed by atoms with E-state index in [0.717, 1.165) is 19.4 Å². The zero-order valence-corrected chi connectivity index (χ0v) is 11.4. The quantitative estimate of drug-likeness (QED) is 0.903. The van der Waals surface area contributed by atoms with Crippen molar-refractivity contribution in [2.75, 3.05) is 20.1 Å². The minimum atomic E-state index is -0.681. The van der Waals surface area contributed by atoms with E-state index >= 15 is 0 Å². The summed E-state index contributed by atoms with van der Waals surface area (Å²) in [6.45, 7) is 2.31. The van der Waals surface area contributed by atoms with Crippen LogP contribution in [0.3, 0.4) is 0 Å². The maximum Gasteiger partial charge on any atom is 0.304 e. The molecular weight excluding hydrogens is 238 g/mol. The molecule has 19 heavy (non-hydrogen) atoms. The highest BCUT2D eigenvalue weighted by molar-refractivity contribution is 5.70. The second-order valence-corrected chi connectivity index (χ2v) is 6.22. The minimum Gasteiger partial charge on any atom is -0.481 e. The zero-order valence-electron chi connectivity index (χ0n) is 11.4. The van der Waals surface area contributed by atoms with Crippen LogP contribution in [0.4, 0.5) is 0 Å². The van der Waals surface area contributed by atoms with Crippen LogP contribution >= 0.6 is 0 Å². The molecule has 1 aliphatic carbocycles. The first-order valence-electron chi connectivity index (χ1n) is 7.10. The summed E-state index contributed by atoms with van der Waals surface area (Å²) in [6.07, 6.45) is 3.55. The summed E-state index contributed by atoms with van der Waals surface area (Å²) in [5.74, 6) is -0.0346. The summed E-state index contributed by atoms with van der Waals surface area (Å²) in [4.78, 5) is 13.3. The average molecular weight is 259 g/mol. The van der Waals surface area contributed by atoms with E-state index in [1.165, 1.54) is 24.1 Å². The lowest BCUT2D eigenvalue weighted by Gasteiger charge is -2.16. The molecule has 2 aliphatic rings. The molecule has 1 saturated carbocycles. The van der Waals surface area contributed by atoms with Crippen molar-refractivity contribution in [3.63, 3.8) is 0 Å². The number of likely N-dealkylation sites (tertiary alicyclic amines) is 1. The number of carboxylic acids is 1. The SMILES string of the molecule is CN1CCC(c2ccc(C3(CC(=O)O)CC3)cc2)C1. The fourth-order valence-electron chi connectivity index (χ4n) is 3.32. The van der Waals surface area contributed by atoms with E-state index in [1.807, 2.05) is 0 Å². The van der Waals surface area contributed by atoms with Crippen molar-refractivity contribution in [2.45, 2.75) is 37.0 Å². The summed E-state index contributed by atoms with van der Waals surface area (Å²) >= 11 is 0. The molecule has 0 aromatic heterocycles. The first-order valence-corrected chi connectivity index (χ1v) is 7.10. The molecule has 1 aromatic rings. The molecule has 0 amide bonds. The number of carboxylic acid groups (broad SMARTS) is 1. The van der Waals surface area contributed by atoms with E-state index in [1.54, 1.807) is 0 Å². The number of likely N-dealkylation sites (N-methyl/N-ethyl adjacent to an activating group) is 1. The van der Waals surface area contributed by atoms with Gasteiger partial charge in [0.1, 0.15) is 0 Å². The monoisotopic (exact) mass is 259 g/mol. The van der Waals surface area contributed by atoms with Gasteiger partial charge < -0.3 is 10.0 Å². The van der Waals surface area contributed by atoms with Gasteiger partial charge in [-0.05, 0) is 49.9 Å². The van der Waals surface area contributed by atoms with Gasteiger partial charge in [0.2, 0.25) is 0 Å². The van der Waals surface area contributed by atoms with Crippen LogP contribution in [-0.4, -0.2) is 36.1 Å². The molecule has 3 nitrogen and oxygen atoms in total. The molecule has 0 bridgehead atoms. The molecule has 1 saturated heterocycles. The minimum absolute atomic E-state index is 0.0587. The van der Waals surface area contributed by atoms with Gasteiger partial charge >= 0.3 is 5.97 Å². The average Bonchev–Trinajstić information content (AvgIpc) is 3.02. The summed E-state index contributed by atoms with van der Waals surface area (Å²) in [7, 11) is 2.17. The summed E-state index contributed by atoms with van der Waals surface area (Å²) in [5.41, 5.74) is 2.56. The van der Waals surface area contributed by atoms with Gasteiger partial charge in [-0.15, -0.1) is 0 Å². The van der Waals surface area contributed by atoms with Crippen LogP contribution in [-0.2, 0) is 10.2 Å². The molecule has 1 aromatic carbocycles. The van der Waals surface area contributed by atoms with E-state index in [-0.39, 0.29) is 11.8 Å². The van der Waals surface area contributed by atoms with Crippen molar-refractivity contribution in [1.29, 1.82) is 0 Å². The Labute approximate surface area is 114 Å². The van der Waals surface area contributed by atoms with Crippen LogP contribution in [0, 0.1) is 0 Å². The molecule has 1 unspecified atom stereocenters. The molecule has 1 heterocycles. The Morgan fingerprint density at radius 2 is 2.05 bits per heavy atom. The van der Waals surface area contributed by atoms with Crippen molar-refractivity contribution in [2.24, 2.45) is 0 Å². The van der Waals surface area contributed by atoms with E-state index < -0.39 is 5.97 Å². The molecule has 102 valence electrons. The molecule has 0 spiro atoms. The second-order valence-electron chi connectivity index (χ2n) is 6.22. The number of nitrogens with zero attached hydrogens (tertiary/aromatic N) is 1. The van der Waals surface area contributed by atoms with Crippen molar-refractivity contribution in [3.8, 4) is 0 Å². The molecule has 1 N–H and O–H groups in total. The summed E-state index contributed by atoms with van der Waals surface area (Å²) in [5, 5.41) is 9.00. The lowest BCUT2D eigenvalue weighted by molar-refractivity contribution is -0.137. The van der Waals surface area contributed by atoms with E-state index in [9.17, 15) is 4.79 Å². The summed E-state index contributed by atoms with van der Waals surface area (Å²) in [6, 6.07) is 8.73. The lowest BCUT2D eigenvalue weighted by atomic mass is 9.89. The van der Waals surface area contributed by atoms with E-state index in [2.05, 4.69) is 36.2 Å². The van der Waals surface area contributed by atoms with Gasteiger partial charge in [-0.3, -0.25) is 4.79 Å². The molecule has 1 aliphatic heterocycles. The van der Waals surface area contributed by atoms with Gasteiger partial charge in [0.15, 0.2) is 0 Å². The number of aliphatic carboxylic acids is 1. The van der Waals surface area contributed by atoms with Crippen LogP contribution in [0.2, 0.25) is 0 Å². The second kappa shape index (κ2) is 4.64. The largest absolute Gasteiger partial charge is 0.481 e. The van der Waals surface area contributed by atoms with Crippen LogP contribution in [0.15, 0.2) is 24.3 Å². The number of hydrogen-bond donors (Lipinski definition) is 1. The van der Waals surface area contributed by atoms with Crippen LogP contribution in [0.1, 0.15) is 42.7 Å². The standard InChI is InChI=1S/C16H21NO2/c1-17-9-6-13(11-17)12-2-4-14(5-3-12)16(7-8-16)10-15(18)19/h2-5,13H,6-11H2,1H3,(H,18,19). The number of benzene rings is 1. The Kier molecular flexibility index (Phi) is 3.09. The fourth-order valence-corrected chi connectivity index (χ4v) is 3.32. The highest BCUT2D eigenvalue weighted by Gasteiger charge is 2.45. The van der Waals surface area contributed by atoms with Crippen LogP contribution in [0.5, 0.6) is 0 Å². The number of rotatable bonds is 4. The zero-order chi connectivity index (χ0) is 13.5. The Morgan fingerprint density at radius 1 is 1.37 bits per heavy atom. The van der Waals surface area contributed by atoms with Crippen molar-refractivity contribution < 1.29 is 9.90 Å². The predicted molar refractivity (Wildman–Crippen MR) is 74.5 cm³/mol. The smallest absolute Gasteiger partial charge is 0.304 e. The van der Waals surface area contributed by atoms with Crippen LogP contribution < -0.4 is 0 Å². The van der Waals surface area contributed by atoms with Crippen molar-refractivity contribution in [1.82, 2.24) is 4.90 Å². The van der Waals surface area contributed by atoms with Gasteiger partial charge in [-0.1, -0.05) is 24.3 Å². The van der Waals surface area contributed by atoms with Gasteiger partial charge in [-0.25, -0.2) is 0 Å². The molecule has 2 fully saturated rings. The van der Waals surface area contributed by atoms with Crippen molar-refractivity contribution >= 4 is 5.97 Å². The number of carbonyl (C=O) groups is 1. The highest BCUT2D eigenvalue weighted by atomic mass is 16.4. The molecule has 3 heteroatoms. The lowest BCUT2D eigenvalue weighted by Crippen LogP contribution is -2.14. The van der Waals surface area contributed by atoms with Gasteiger partial charge in [0.05, 0.1) is 6.42 Å². The van der Waals surface area contributed by atoms with Gasteiger partial charge in [0, 0.05) is 12.0 Å². The van der Waals surface area contributed by atoms with E-state index in [4.69, 9.17) is 5.11 Å². The Balaban J connectivity index is 1.74. The van der Waals surface area contributed by atoms with Crippen molar-refractivity contribution in [3.05, 3.63) is 35.4 Å². The topological polar surface area (TPSA) is 40.5 Å². The third kappa shape index (κ3) is 2.52. The summed E-state index contributed by atoms with van der Waals surface area (Å²) < 4.78 is 0. The third-order valence-corrected chi connectivity index (χ3v) is 4.73. The highest BCUT2D eigenvalue weighted by Crippen LogP contribution is 2.51. The van der Waals surface area contributed by atoms with Gasteiger partial charge in [0.25, 0.3) is 0 Å². The number of hydrogen-bond acceptors (Lipinski definition) is 2. The predicted octanol–water partition coefficient (Wildman–Crippen LogP) is 2.61. The molecule has 1 atom stereocenters. The Hall–Kier alpha value is -1.35. The normalized spacial score (nSPS) is 25.4. The Morgan fingerprint density at radius 3 is 2.53 bits per heavy atom. The van der Waals surface area contributed by atoms with Gasteiger partial charge in [-0.2, -0.15) is 0 Å². The Bertz CT molecular complexity index is 476. The molecule has 0 radical (unpaired) electrons.